The Balaban J connectivity index is 2.75. The number of rotatable bonds is 1. The van der Waals surface area contributed by atoms with Gasteiger partial charge in [0.25, 0.3) is 0 Å². The van der Waals surface area contributed by atoms with Crippen molar-refractivity contribution in [2.24, 2.45) is 5.16 Å². The summed E-state index contributed by atoms with van der Waals surface area (Å²) >= 11 is 0. The van der Waals surface area contributed by atoms with E-state index in [9.17, 15) is 0 Å². The Morgan fingerprint density at radius 2 is 2.15 bits per heavy atom. The normalized spacial score (nSPS) is 11.1. The predicted octanol–water partition coefficient (Wildman–Crippen LogP) is 2.04. The first-order valence-electron chi connectivity index (χ1n) is 3.93. The molecule has 0 unspecified atom stereocenters. The van der Waals surface area contributed by atoms with Gasteiger partial charge in [-0.3, -0.25) is 4.98 Å². The molecular weight excluding hydrogens is 164 g/mol. The number of pyridine rings is 1. The van der Waals surface area contributed by atoms with Gasteiger partial charge in [0, 0.05) is 17.1 Å². The number of benzene rings is 1. The van der Waals surface area contributed by atoms with Crippen LogP contribution in [-0.2, 0) is 0 Å². The van der Waals surface area contributed by atoms with Crippen molar-refractivity contribution in [2.75, 3.05) is 0 Å². The van der Waals surface area contributed by atoms with Gasteiger partial charge >= 0.3 is 0 Å². The Bertz CT molecular complexity index is 446. The van der Waals surface area contributed by atoms with E-state index in [2.05, 4.69) is 10.1 Å². The second-order valence-corrected chi connectivity index (χ2v) is 2.66. The molecule has 1 N–H and O–H groups in total. The fourth-order valence-corrected chi connectivity index (χ4v) is 1.30. The van der Waals surface area contributed by atoms with Gasteiger partial charge in [-0.15, -0.1) is 0 Å². The Hall–Kier alpha value is -1.90. The number of nitrogens with zero attached hydrogens (tertiary/aromatic N) is 2. The highest BCUT2D eigenvalue weighted by Crippen LogP contribution is 2.14. The molecule has 64 valence electrons. The SMILES string of the molecule is O/N=C\c1cccc2ncccc12. The summed E-state index contributed by atoms with van der Waals surface area (Å²) < 4.78 is 0. The van der Waals surface area contributed by atoms with Gasteiger partial charge in [0.1, 0.15) is 0 Å². The number of hydrogen-bond donors (Lipinski definition) is 1. The number of fused-ring (bicyclic) bond motifs is 1. The van der Waals surface area contributed by atoms with Crippen LogP contribution in [-0.4, -0.2) is 16.4 Å². The fourth-order valence-electron chi connectivity index (χ4n) is 1.30. The summed E-state index contributed by atoms with van der Waals surface area (Å²) in [7, 11) is 0. The Kier molecular flexibility index (Phi) is 1.92. The molecule has 1 heterocycles. The molecule has 0 amide bonds. The third-order valence-electron chi connectivity index (χ3n) is 1.88. The standard InChI is InChI=1S/C10H8N2O/c13-12-7-8-3-1-5-10-9(8)4-2-6-11-10/h1-7,13H/b12-7-. The fraction of sp³-hybridized carbons (Fsp3) is 0. The predicted molar refractivity (Wildman–Crippen MR) is 51.1 cm³/mol. The molecular formula is C10H8N2O. The molecule has 0 saturated heterocycles. The average Bonchev–Trinajstić information content (AvgIpc) is 2.19. The van der Waals surface area contributed by atoms with Crippen LogP contribution in [0.15, 0.2) is 41.7 Å². The zero-order valence-electron chi connectivity index (χ0n) is 6.88. The first-order valence-corrected chi connectivity index (χ1v) is 3.93. The summed E-state index contributed by atoms with van der Waals surface area (Å²) in [5.41, 5.74) is 1.77. The van der Waals surface area contributed by atoms with Crippen molar-refractivity contribution in [1.29, 1.82) is 0 Å². The molecule has 1 aromatic heterocycles. The van der Waals surface area contributed by atoms with Crippen molar-refractivity contribution >= 4 is 17.1 Å². The highest BCUT2D eigenvalue weighted by Gasteiger charge is 1.97. The van der Waals surface area contributed by atoms with Gasteiger partial charge < -0.3 is 5.21 Å². The molecule has 0 aliphatic carbocycles. The van der Waals surface area contributed by atoms with E-state index < -0.39 is 0 Å². The highest BCUT2D eigenvalue weighted by atomic mass is 16.4. The second-order valence-electron chi connectivity index (χ2n) is 2.66. The van der Waals surface area contributed by atoms with E-state index >= 15 is 0 Å². The maximum Gasteiger partial charge on any atom is 0.0740 e. The highest BCUT2D eigenvalue weighted by molar-refractivity contribution is 5.97. The third-order valence-corrected chi connectivity index (χ3v) is 1.88. The van der Waals surface area contributed by atoms with E-state index in [-0.39, 0.29) is 0 Å². The minimum atomic E-state index is 0.869. The van der Waals surface area contributed by atoms with Crippen LogP contribution in [0.25, 0.3) is 10.9 Å². The summed E-state index contributed by atoms with van der Waals surface area (Å²) in [6.45, 7) is 0. The first-order chi connectivity index (χ1) is 6.42. The molecule has 13 heavy (non-hydrogen) atoms. The number of hydrogen-bond acceptors (Lipinski definition) is 3. The molecule has 0 aliphatic heterocycles. The number of oxime groups is 1. The quantitative estimate of drug-likeness (QED) is 0.406. The maximum absolute atomic E-state index is 8.43. The topological polar surface area (TPSA) is 45.5 Å². The second kappa shape index (κ2) is 3.23. The van der Waals surface area contributed by atoms with Gasteiger partial charge in [0.05, 0.1) is 11.7 Å². The van der Waals surface area contributed by atoms with Gasteiger partial charge in [-0.25, -0.2) is 0 Å². The minimum Gasteiger partial charge on any atom is -0.411 e. The van der Waals surface area contributed by atoms with E-state index in [0.717, 1.165) is 16.5 Å². The van der Waals surface area contributed by atoms with Crippen LogP contribution in [0.5, 0.6) is 0 Å². The molecule has 0 saturated carbocycles. The number of aromatic nitrogens is 1. The van der Waals surface area contributed by atoms with Gasteiger partial charge in [-0.1, -0.05) is 23.4 Å². The molecule has 0 aliphatic rings. The van der Waals surface area contributed by atoms with E-state index in [1.54, 1.807) is 6.20 Å². The molecule has 0 spiro atoms. The van der Waals surface area contributed by atoms with Crippen LogP contribution < -0.4 is 0 Å². The molecule has 0 fully saturated rings. The summed E-state index contributed by atoms with van der Waals surface area (Å²) in [4.78, 5) is 4.18. The largest absolute Gasteiger partial charge is 0.411 e. The van der Waals surface area contributed by atoms with E-state index in [4.69, 9.17) is 5.21 Å². The lowest BCUT2D eigenvalue weighted by Gasteiger charge is -1.98. The Labute approximate surface area is 75.3 Å². The van der Waals surface area contributed by atoms with Crippen molar-refractivity contribution < 1.29 is 5.21 Å². The van der Waals surface area contributed by atoms with Gasteiger partial charge in [-0.2, -0.15) is 0 Å². The van der Waals surface area contributed by atoms with Crippen LogP contribution >= 0.6 is 0 Å². The van der Waals surface area contributed by atoms with Crippen molar-refractivity contribution in [2.45, 2.75) is 0 Å². The average molecular weight is 172 g/mol. The third kappa shape index (κ3) is 1.36. The molecule has 2 rings (SSSR count). The van der Waals surface area contributed by atoms with Gasteiger partial charge in [0.15, 0.2) is 0 Å². The van der Waals surface area contributed by atoms with Crippen LogP contribution in [0, 0.1) is 0 Å². The molecule has 0 radical (unpaired) electrons. The smallest absolute Gasteiger partial charge is 0.0740 e. The molecule has 0 bridgehead atoms. The molecule has 3 heteroatoms. The van der Waals surface area contributed by atoms with E-state index in [1.165, 1.54) is 6.21 Å². The molecule has 2 aromatic rings. The maximum atomic E-state index is 8.43. The Morgan fingerprint density at radius 1 is 1.23 bits per heavy atom. The lowest BCUT2D eigenvalue weighted by atomic mass is 10.1. The van der Waals surface area contributed by atoms with Crippen LogP contribution in [0.3, 0.4) is 0 Å². The van der Waals surface area contributed by atoms with Crippen LogP contribution in [0.4, 0.5) is 0 Å². The van der Waals surface area contributed by atoms with Crippen molar-refractivity contribution in [3.8, 4) is 0 Å². The van der Waals surface area contributed by atoms with Gasteiger partial charge in [-0.05, 0) is 12.1 Å². The zero-order valence-corrected chi connectivity index (χ0v) is 6.88. The lowest BCUT2D eigenvalue weighted by molar-refractivity contribution is 0.322. The zero-order chi connectivity index (χ0) is 9.10. The molecule has 3 nitrogen and oxygen atoms in total. The Morgan fingerprint density at radius 3 is 3.00 bits per heavy atom. The van der Waals surface area contributed by atoms with Crippen molar-refractivity contribution in [3.05, 3.63) is 42.1 Å². The summed E-state index contributed by atoms with van der Waals surface area (Å²) in [6, 6.07) is 9.48. The van der Waals surface area contributed by atoms with Crippen LogP contribution in [0.2, 0.25) is 0 Å². The molecule has 1 aromatic carbocycles. The summed E-state index contributed by atoms with van der Waals surface area (Å²) in [5.74, 6) is 0. The monoisotopic (exact) mass is 172 g/mol. The first kappa shape index (κ1) is 7.73. The van der Waals surface area contributed by atoms with E-state index in [0.29, 0.717) is 0 Å². The van der Waals surface area contributed by atoms with Crippen molar-refractivity contribution in [1.82, 2.24) is 4.98 Å². The van der Waals surface area contributed by atoms with Crippen molar-refractivity contribution in [3.63, 3.8) is 0 Å². The molecule has 0 atom stereocenters. The summed E-state index contributed by atoms with van der Waals surface area (Å²) in [6.07, 6.45) is 3.15. The minimum absolute atomic E-state index is 0.869. The van der Waals surface area contributed by atoms with Gasteiger partial charge in [0.2, 0.25) is 0 Å². The van der Waals surface area contributed by atoms with E-state index in [1.807, 2.05) is 30.3 Å². The summed E-state index contributed by atoms with van der Waals surface area (Å²) in [5, 5.41) is 12.4. The lowest BCUT2D eigenvalue weighted by Crippen LogP contribution is -1.85. The van der Waals surface area contributed by atoms with Crippen LogP contribution in [0.1, 0.15) is 5.56 Å².